The fourth-order valence-electron chi connectivity index (χ4n) is 3.25. The van der Waals surface area contributed by atoms with Crippen LogP contribution in [0.4, 0.5) is 0 Å². The first-order chi connectivity index (χ1) is 16.9. The normalized spacial score (nSPS) is 15.5. The molecular weight excluding hydrogens is 503 g/mol. The molecule has 0 bridgehead atoms. The maximum atomic E-state index is 10.9. The van der Waals surface area contributed by atoms with Crippen LogP contribution < -0.4 is 28.3 Å². The van der Waals surface area contributed by atoms with Crippen LogP contribution in [0.3, 0.4) is 0 Å². The average Bonchev–Trinajstić information content (AvgIpc) is 2.81. The second-order valence-corrected chi connectivity index (χ2v) is 8.93. The Hall–Kier alpha value is -2.94. The number of aliphatic hydroxyl groups excluding tert-OH is 1. The van der Waals surface area contributed by atoms with Crippen molar-refractivity contribution in [2.75, 3.05) is 7.11 Å². The standard InChI is InChI=1S/C14H16O3.C13H14O4.CH4O.Li.2H2O/c1-10(15)4-5-11-6-7-12-9-16-14(2,3)17-13(12)8-11;1-13(2)16-8-10-5-3-9(4-6-12(14)15)7-11(10)17-13;1-2;;;/h4-8H,9H2,1-3H3;3-7H,8H2,1-2H3,(H,14,15);2H,1H3;;2*1H2/q;;;+1;;/p-1/b5-4+;6-4+;;;;. The first kappa shape index (κ1) is 38.2. The van der Waals surface area contributed by atoms with Crippen LogP contribution in [0.1, 0.15) is 56.9 Å². The summed E-state index contributed by atoms with van der Waals surface area (Å²) in [7, 11) is 1.00. The molecule has 0 atom stereocenters. The number of aliphatic carboxylic acids is 1. The number of rotatable bonds is 4. The number of ether oxygens (including phenoxy) is 4. The summed E-state index contributed by atoms with van der Waals surface area (Å²) >= 11 is 0. The van der Waals surface area contributed by atoms with Crippen LogP contribution in [-0.4, -0.2) is 51.6 Å². The van der Waals surface area contributed by atoms with E-state index >= 15 is 0 Å². The summed E-state index contributed by atoms with van der Waals surface area (Å²) in [4.78, 5) is 21.3. The minimum absolute atomic E-state index is 0. The summed E-state index contributed by atoms with van der Waals surface area (Å²) < 4.78 is 22.4. The maximum Gasteiger partial charge on any atom is 1.00 e. The van der Waals surface area contributed by atoms with Crippen LogP contribution >= 0.6 is 0 Å². The first-order valence-electron chi connectivity index (χ1n) is 11.4. The maximum absolute atomic E-state index is 10.9. The number of carboxylic acid groups (broad SMARTS) is 1. The van der Waals surface area contributed by atoms with E-state index in [4.69, 9.17) is 29.2 Å². The van der Waals surface area contributed by atoms with Crippen molar-refractivity contribution < 1.29 is 68.6 Å². The third-order valence-electron chi connectivity index (χ3n) is 4.97. The van der Waals surface area contributed by atoms with Gasteiger partial charge in [0.1, 0.15) is 11.5 Å². The average molecular weight is 541 g/mol. The Morgan fingerprint density at radius 3 is 1.54 bits per heavy atom. The topological polar surface area (TPSA) is 173 Å². The molecule has 0 spiro atoms. The third-order valence-corrected chi connectivity index (χ3v) is 4.97. The molecule has 0 amide bonds. The molecule has 0 fully saturated rings. The van der Waals surface area contributed by atoms with Crippen molar-refractivity contribution in [3.63, 3.8) is 0 Å². The van der Waals surface area contributed by atoms with E-state index in [1.807, 2.05) is 64.1 Å². The number of benzene rings is 2. The molecule has 2 aliphatic rings. The van der Waals surface area contributed by atoms with E-state index < -0.39 is 17.5 Å². The zero-order valence-electron chi connectivity index (χ0n) is 23.5. The second kappa shape index (κ2) is 16.9. The van der Waals surface area contributed by atoms with E-state index in [0.29, 0.717) is 13.2 Å². The Bertz CT molecular complexity index is 1050. The Labute approximate surface area is 241 Å². The second-order valence-electron chi connectivity index (χ2n) is 8.93. The van der Waals surface area contributed by atoms with Crippen molar-refractivity contribution in [2.24, 2.45) is 0 Å². The monoisotopic (exact) mass is 540 g/mol. The van der Waals surface area contributed by atoms with Gasteiger partial charge in [0.25, 0.3) is 0 Å². The number of carbonyl (C=O) groups is 2. The summed E-state index contributed by atoms with van der Waals surface area (Å²) in [5, 5.41) is 15.6. The quantitative estimate of drug-likeness (QED) is 0.423. The summed E-state index contributed by atoms with van der Waals surface area (Å²) in [6, 6.07) is 11.4. The number of fused-ring (bicyclic) bond motifs is 2. The number of hydrogen-bond donors (Lipinski definition) is 2. The molecule has 2 aromatic rings. The molecule has 0 radical (unpaired) electrons. The predicted molar refractivity (Wildman–Crippen MR) is 142 cm³/mol. The zero-order chi connectivity index (χ0) is 26.9. The van der Waals surface area contributed by atoms with Gasteiger partial charge in [0.15, 0.2) is 5.78 Å². The van der Waals surface area contributed by atoms with E-state index in [2.05, 4.69) is 0 Å². The zero-order valence-corrected chi connectivity index (χ0v) is 23.5. The number of ketones is 1. The van der Waals surface area contributed by atoms with Gasteiger partial charge in [-0.05, 0) is 42.3 Å². The van der Waals surface area contributed by atoms with E-state index in [9.17, 15) is 9.59 Å². The summed E-state index contributed by atoms with van der Waals surface area (Å²) in [6.07, 6.45) is 5.97. The van der Waals surface area contributed by atoms with Crippen molar-refractivity contribution in [2.45, 2.75) is 59.4 Å². The van der Waals surface area contributed by atoms with Crippen LogP contribution in [0.5, 0.6) is 11.5 Å². The van der Waals surface area contributed by atoms with Gasteiger partial charge in [-0.1, -0.05) is 30.3 Å². The smallest absolute Gasteiger partial charge is 0.870 e. The predicted octanol–water partition coefficient (Wildman–Crippen LogP) is 0.974. The van der Waals surface area contributed by atoms with Gasteiger partial charge in [-0.25, -0.2) is 4.79 Å². The van der Waals surface area contributed by atoms with Crippen LogP contribution in [0.15, 0.2) is 48.6 Å². The van der Waals surface area contributed by atoms with Crippen LogP contribution in [0.25, 0.3) is 12.2 Å². The molecule has 4 rings (SSSR count). The van der Waals surface area contributed by atoms with Crippen molar-refractivity contribution in [3.8, 4) is 11.5 Å². The number of hydrogen-bond acceptors (Lipinski definition) is 8. The van der Waals surface area contributed by atoms with E-state index in [1.165, 1.54) is 13.0 Å². The molecule has 39 heavy (non-hydrogen) atoms. The van der Waals surface area contributed by atoms with Gasteiger partial charge in [-0.3, -0.25) is 4.79 Å². The molecule has 5 N–H and O–H groups in total. The summed E-state index contributed by atoms with van der Waals surface area (Å²) in [6.45, 7) is 10.0. The fraction of sp³-hybridized carbons (Fsp3) is 0.357. The molecule has 0 saturated carbocycles. The molecular formula is C28H37LiO10. The van der Waals surface area contributed by atoms with Gasteiger partial charge >= 0.3 is 24.8 Å². The molecule has 0 aliphatic carbocycles. The summed E-state index contributed by atoms with van der Waals surface area (Å²) in [5.41, 5.74) is 3.75. The van der Waals surface area contributed by atoms with Gasteiger partial charge in [-0.2, -0.15) is 0 Å². The Morgan fingerprint density at radius 1 is 0.795 bits per heavy atom. The number of carboxylic acids is 1. The van der Waals surface area contributed by atoms with Crippen molar-refractivity contribution >= 4 is 23.9 Å². The molecule has 0 unspecified atom stereocenters. The van der Waals surface area contributed by atoms with Crippen molar-refractivity contribution in [1.82, 2.24) is 0 Å². The molecule has 0 saturated heterocycles. The van der Waals surface area contributed by atoms with Crippen molar-refractivity contribution in [1.29, 1.82) is 0 Å². The van der Waals surface area contributed by atoms with E-state index in [1.54, 1.807) is 12.2 Å². The molecule has 2 aromatic carbocycles. The molecule has 0 aromatic heterocycles. The van der Waals surface area contributed by atoms with Gasteiger partial charge in [-0.15, -0.1) is 0 Å². The Morgan fingerprint density at radius 2 is 1.18 bits per heavy atom. The molecule has 210 valence electrons. The van der Waals surface area contributed by atoms with Crippen molar-refractivity contribution in [3.05, 3.63) is 70.8 Å². The molecule has 2 heterocycles. The Balaban J connectivity index is 0. The largest absolute Gasteiger partial charge is 1.00 e. The third kappa shape index (κ3) is 12.6. The first-order valence-corrected chi connectivity index (χ1v) is 11.4. The number of aliphatic hydroxyl groups is 1. The molecule has 11 heteroatoms. The minimum atomic E-state index is -0.965. The van der Waals surface area contributed by atoms with Gasteiger partial charge in [0, 0.05) is 52.0 Å². The number of allylic oxidation sites excluding steroid dienone is 1. The van der Waals surface area contributed by atoms with Gasteiger partial charge in [0.05, 0.1) is 13.2 Å². The van der Waals surface area contributed by atoms with Gasteiger partial charge in [0.2, 0.25) is 11.6 Å². The van der Waals surface area contributed by atoms with Crippen LogP contribution in [0, 0.1) is 0 Å². The fourth-order valence-corrected chi connectivity index (χ4v) is 3.25. The van der Waals surface area contributed by atoms with Crippen LogP contribution in [-0.2, 0) is 32.3 Å². The van der Waals surface area contributed by atoms with E-state index in [-0.39, 0.29) is 35.6 Å². The van der Waals surface area contributed by atoms with Crippen LogP contribution in [0.2, 0.25) is 0 Å². The summed E-state index contributed by atoms with van der Waals surface area (Å²) in [5.74, 6) is -0.585. The minimum Gasteiger partial charge on any atom is -0.870 e. The van der Waals surface area contributed by atoms with E-state index in [0.717, 1.165) is 46.9 Å². The molecule has 2 aliphatic heterocycles. The van der Waals surface area contributed by atoms with Gasteiger partial charge < -0.3 is 40.1 Å². The Kier molecular flexibility index (Phi) is 16.6. The molecule has 10 nitrogen and oxygen atoms in total. The number of carbonyl (C=O) groups excluding carboxylic acids is 1. The SMILES string of the molecule is CC(=O)/C=C/c1ccc2c(c1)OC(C)(C)OC2.CC1(C)OCc2ccc(/C=C/C(=O)O)cc2O1.CO.O.[Li+].[OH-].